The molecule has 1 atom stereocenters. The summed E-state index contributed by atoms with van der Waals surface area (Å²) in [7, 11) is 4.04. The monoisotopic (exact) mass is 343 g/mol. The topological polar surface area (TPSA) is 20.3 Å². The van der Waals surface area contributed by atoms with Crippen LogP contribution >= 0.6 is 0 Å². The van der Waals surface area contributed by atoms with Crippen LogP contribution in [0, 0.1) is 0 Å². The van der Waals surface area contributed by atoms with E-state index >= 15 is 0 Å². The van der Waals surface area contributed by atoms with Crippen LogP contribution in [0.3, 0.4) is 0 Å². The molecule has 2 nitrogen and oxygen atoms in total. The Kier molecular flexibility index (Phi) is 3.87. The van der Waals surface area contributed by atoms with Crippen molar-refractivity contribution in [2.45, 2.75) is 0 Å². The SMILES string of the molecule is CN(C)c1cccc2cccc([Se](=O)c3ccccc3)c12. The molecular formula is C18H17NOSe. The molecule has 3 heteroatoms. The van der Waals surface area contributed by atoms with Gasteiger partial charge in [-0.15, -0.1) is 0 Å². The molecule has 3 rings (SSSR count). The van der Waals surface area contributed by atoms with Crippen molar-refractivity contribution in [1.29, 1.82) is 0 Å². The zero-order valence-electron chi connectivity index (χ0n) is 12.1. The van der Waals surface area contributed by atoms with Gasteiger partial charge in [-0.25, -0.2) is 0 Å². The molecule has 3 aromatic rings. The van der Waals surface area contributed by atoms with E-state index in [9.17, 15) is 3.83 Å². The van der Waals surface area contributed by atoms with Gasteiger partial charge in [-0.3, -0.25) is 0 Å². The van der Waals surface area contributed by atoms with Gasteiger partial charge in [0.05, 0.1) is 0 Å². The second-order valence-corrected chi connectivity index (χ2v) is 8.15. The number of benzene rings is 3. The fourth-order valence-electron chi connectivity index (χ4n) is 2.49. The van der Waals surface area contributed by atoms with E-state index in [-0.39, 0.29) is 0 Å². The minimum atomic E-state index is -2.26. The van der Waals surface area contributed by atoms with E-state index in [1.807, 2.05) is 62.6 Å². The third-order valence-electron chi connectivity index (χ3n) is 3.48. The molecule has 21 heavy (non-hydrogen) atoms. The molecule has 0 aliphatic heterocycles. The number of fused-ring (bicyclic) bond motifs is 1. The second kappa shape index (κ2) is 5.80. The normalized spacial score (nSPS) is 12.3. The Bertz CT molecular complexity index is 791. The van der Waals surface area contributed by atoms with Gasteiger partial charge in [0.25, 0.3) is 0 Å². The molecule has 106 valence electrons. The first kappa shape index (κ1) is 14.0. The average Bonchev–Trinajstić information content (AvgIpc) is 2.53. The van der Waals surface area contributed by atoms with Gasteiger partial charge in [-0.05, 0) is 0 Å². The molecule has 0 aliphatic rings. The van der Waals surface area contributed by atoms with Gasteiger partial charge in [0.1, 0.15) is 0 Å². The summed E-state index contributed by atoms with van der Waals surface area (Å²) >= 11 is -2.26. The average molecular weight is 342 g/mol. The second-order valence-electron chi connectivity index (χ2n) is 5.11. The van der Waals surface area contributed by atoms with Crippen molar-refractivity contribution in [3.8, 4) is 0 Å². The van der Waals surface area contributed by atoms with Crippen LogP contribution in [0.15, 0.2) is 66.7 Å². The first-order valence-corrected chi connectivity index (χ1v) is 9.25. The minimum absolute atomic E-state index is 0.929. The Labute approximate surface area is 129 Å². The van der Waals surface area contributed by atoms with Gasteiger partial charge in [0.2, 0.25) is 0 Å². The third kappa shape index (κ3) is 2.63. The van der Waals surface area contributed by atoms with Crippen molar-refractivity contribution < 1.29 is 3.83 Å². The summed E-state index contributed by atoms with van der Waals surface area (Å²) in [6.07, 6.45) is 0. The van der Waals surface area contributed by atoms with Gasteiger partial charge in [-0.1, -0.05) is 0 Å². The molecule has 0 spiro atoms. The number of hydrogen-bond donors (Lipinski definition) is 0. The van der Waals surface area contributed by atoms with E-state index in [1.165, 1.54) is 0 Å². The van der Waals surface area contributed by atoms with Gasteiger partial charge >= 0.3 is 129 Å². The predicted molar refractivity (Wildman–Crippen MR) is 90.4 cm³/mol. The van der Waals surface area contributed by atoms with Gasteiger partial charge in [0.15, 0.2) is 0 Å². The molecule has 0 saturated heterocycles. The predicted octanol–water partition coefficient (Wildman–Crippen LogP) is 2.44. The molecule has 1 unspecified atom stereocenters. The van der Waals surface area contributed by atoms with Crippen LogP contribution in [0.25, 0.3) is 10.8 Å². The number of hydrogen-bond acceptors (Lipinski definition) is 2. The fourth-order valence-corrected chi connectivity index (χ4v) is 5.15. The van der Waals surface area contributed by atoms with E-state index in [2.05, 4.69) is 23.1 Å². The third-order valence-corrected chi connectivity index (χ3v) is 6.50. The first-order chi connectivity index (χ1) is 10.2. The number of anilines is 1. The molecule has 0 N–H and O–H groups in total. The Morgan fingerprint density at radius 2 is 1.48 bits per heavy atom. The van der Waals surface area contributed by atoms with E-state index in [4.69, 9.17) is 0 Å². The molecule has 0 aliphatic carbocycles. The van der Waals surface area contributed by atoms with Gasteiger partial charge < -0.3 is 0 Å². The summed E-state index contributed by atoms with van der Waals surface area (Å²) in [5.74, 6) is 0. The van der Waals surface area contributed by atoms with Crippen molar-refractivity contribution in [1.82, 2.24) is 0 Å². The Hall–Kier alpha value is -1.96. The van der Waals surface area contributed by atoms with Crippen LogP contribution in [-0.2, 0) is 3.83 Å². The van der Waals surface area contributed by atoms with E-state index in [1.54, 1.807) is 0 Å². The fraction of sp³-hybridized carbons (Fsp3) is 0.111. The van der Waals surface area contributed by atoms with E-state index < -0.39 is 13.8 Å². The quantitative estimate of drug-likeness (QED) is 0.682. The summed E-state index contributed by atoms with van der Waals surface area (Å²) in [5, 5.41) is 2.24. The summed E-state index contributed by atoms with van der Waals surface area (Å²) in [4.78, 5) is 2.08. The van der Waals surface area contributed by atoms with Crippen LogP contribution < -0.4 is 13.8 Å². The Morgan fingerprint density at radius 3 is 2.14 bits per heavy atom. The summed E-state index contributed by atoms with van der Waals surface area (Å²) in [5.41, 5.74) is 1.11. The van der Waals surface area contributed by atoms with E-state index in [0.717, 1.165) is 25.4 Å². The van der Waals surface area contributed by atoms with Crippen LogP contribution in [-0.4, -0.2) is 27.9 Å². The molecule has 0 bridgehead atoms. The zero-order chi connectivity index (χ0) is 14.8. The maximum absolute atomic E-state index is 13.0. The molecule has 0 amide bonds. The zero-order valence-corrected chi connectivity index (χ0v) is 13.8. The van der Waals surface area contributed by atoms with Gasteiger partial charge in [-0.2, -0.15) is 0 Å². The van der Waals surface area contributed by atoms with Crippen molar-refractivity contribution in [3.63, 3.8) is 0 Å². The molecule has 0 aromatic heterocycles. The van der Waals surface area contributed by atoms with Crippen molar-refractivity contribution in [2.75, 3.05) is 19.0 Å². The van der Waals surface area contributed by atoms with Crippen LogP contribution in [0.5, 0.6) is 0 Å². The first-order valence-electron chi connectivity index (χ1n) is 6.84. The van der Waals surface area contributed by atoms with Crippen LogP contribution in [0.1, 0.15) is 0 Å². The van der Waals surface area contributed by atoms with Crippen molar-refractivity contribution in [3.05, 3.63) is 66.7 Å². The molecule has 0 radical (unpaired) electrons. The number of rotatable bonds is 3. The van der Waals surface area contributed by atoms with Crippen LogP contribution in [0.2, 0.25) is 0 Å². The molecule has 3 aromatic carbocycles. The van der Waals surface area contributed by atoms with E-state index in [0.29, 0.717) is 0 Å². The van der Waals surface area contributed by atoms with Crippen molar-refractivity contribution in [2.24, 2.45) is 0 Å². The summed E-state index contributed by atoms with van der Waals surface area (Å²) in [6, 6.07) is 22.0. The summed E-state index contributed by atoms with van der Waals surface area (Å²) < 4.78 is 14.9. The Morgan fingerprint density at radius 1 is 0.810 bits per heavy atom. The standard InChI is InChI=1S/C18H17NOSe/c1-19(2)16-12-6-8-14-9-7-13-17(18(14)16)21(20)15-10-4-3-5-11-15/h3-13H,1-2H3. The maximum atomic E-state index is 13.0. The molecule has 0 heterocycles. The van der Waals surface area contributed by atoms with Crippen LogP contribution in [0.4, 0.5) is 5.69 Å². The molecular weight excluding hydrogens is 325 g/mol. The molecule has 0 saturated carbocycles. The van der Waals surface area contributed by atoms with Crippen molar-refractivity contribution >= 4 is 39.2 Å². The molecule has 0 fully saturated rings. The van der Waals surface area contributed by atoms with Gasteiger partial charge in [0, 0.05) is 0 Å². The summed E-state index contributed by atoms with van der Waals surface area (Å²) in [6.45, 7) is 0. The Balaban J connectivity index is 2.26. The number of nitrogens with zero attached hydrogens (tertiary/aromatic N) is 1.